The summed E-state index contributed by atoms with van der Waals surface area (Å²) in [7, 11) is 0. The average molecular weight is 542 g/mol. The van der Waals surface area contributed by atoms with Crippen LogP contribution >= 0.6 is 0 Å². The highest BCUT2D eigenvalue weighted by molar-refractivity contribution is 6.49. The Bertz CT molecular complexity index is 1600. The van der Waals surface area contributed by atoms with Crippen LogP contribution in [-0.2, 0) is 14.4 Å². The van der Waals surface area contributed by atoms with E-state index in [0.29, 0.717) is 18.7 Å². The van der Waals surface area contributed by atoms with E-state index in [4.69, 9.17) is 5.73 Å². The molecule has 2 aromatic heterocycles. The van der Waals surface area contributed by atoms with E-state index in [0.717, 1.165) is 24.5 Å². The summed E-state index contributed by atoms with van der Waals surface area (Å²) in [6.45, 7) is 1.82. The Morgan fingerprint density at radius 2 is 1.75 bits per heavy atom. The van der Waals surface area contributed by atoms with Crippen LogP contribution < -0.4 is 22.2 Å². The van der Waals surface area contributed by atoms with Gasteiger partial charge in [0.2, 0.25) is 17.5 Å². The summed E-state index contributed by atoms with van der Waals surface area (Å²) in [5.74, 6) is -1.39. The van der Waals surface area contributed by atoms with Crippen molar-refractivity contribution < 1.29 is 14.4 Å². The third-order valence-corrected chi connectivity index (χ3v) is 6.76. The van der Waals surface area contributed by atoms with Crippen molar-refractivity contribution in [2.24, 2.45) is 0 Å². The van der Waals surface area contributed by atoms with Crippen molar-refractivity contribution in [3.05, 3.63) is 99.4 Å². The molecule has 0 spiro atoms. The molecule has 0 saturated heterocycles. The minimum absolute atomic E-state index is 0.0229. The number of pyridine rings is 1. The number of carbonyl (C=O) groups is 3. The van der Waals surface area contributed by atoms with Gasteiger partial charge < -0.3 is 11.1 Å². The Kier molecular flexibility index (Phi) is 9.00. The van der Waals surface area contributed by atoms with Gasteiger partial charge in [-0.3, -0.25) is 33.1 Å². The summed E-state index contributed by atoms with van der Waals surface area (Å²) in [4.78, 5) is 67.7. The topological polar surface area (TPSA) is 146 Å². The van der Waals surface area contributed by atoms with Crippen LogP contribution in [-0.4, -0.2) is 38.1 Å². The molecule has 1 unspecified atom stereocenters. The Morgan fingerprint density at radius 1 is 1.00 bits per heavy atom. The number of ketones is 2. The molecule has 1 aliphatic carbocycles. The maximum Gasteiger partial charge on any atom is 0.277 e. The highest BCUT2D eigenvalue weighted by Gasteiger charge is 2.26. The lowest BCUT2D eigenvalue weighted by atomic mass is 9.98. The molecule has 4 rings (SSSR count). The van der Waals surface area contributed by atoms with Gasteiger partial charge in [-0.15, -0.1) is 0 Å². The highest BCUT2D eigenvalue weighted by Crippen LogP contribution is 2.26. The number of hydrogen-bond acceptors (Lipinski definition) is 7. The number of nitrogens with zero attached hydrogens (tertiary/aromatic N) is 3. The first-order chi connectivity index (χ1) is 19.3. The van der Waals surface area contributed by atoms with Gasteiger partial charge in [0.15, 0.2) is 0 Å². The third-order valence-electron chi connectivity index (χ3n) is 6.76. The summed E-state index contributed by atoms with van der Waals surface area (Å²) >= 11 is 0. The number of nitrogens with two attached hydrogens (primary N) is 1. The second-order valence-corrected chi connectivity index (χ2v) is 9.49. The minimum Gasteiger partial charge on any atom is -0.393 e. The van der Waals surface area contributed by atoms with Gasteiger partial charge in [-0.05, 0) is 31.1 Å². The van der Waals surface area contributed by atoms with E-state index in [1.165, 1.54) is 29.1 Å². The molecular formula is C30H31N5O5. The summed E-state index contributed by atoms with van der Waals surface area (Å²) in [5, 5.41) is 2.71. The first-order valence-electron chi connectivity index (χ1n) is 13.2. The average Bonchev–Trinajstić information content (AvgIpc) is 2.96. The van der Waals surface area contributed by atoms with Crippen molar-refractivity contribution in [1.82, 2.24) is 19.4 Å². The molecule has 3 aromatic rings. The minimum atomic E-state index is -0.778. The maximum atomic E-state index is 13.2. The van der Waals surface area contributed by atoms with Gasteiger partial charge in [0.1, 0.15) is 11.5 Å². The van der Waals surface area contributed by atoms with E-state index in [2.05, 4.69) is 10.3 Å². The molecule has 2 heterocycles. The van der Waals surface area contributed by atoms with Crippen LogP contribution in [0, 0.1) is 0 Å². The van der Waals surface area contributed by atoms with Gasteiger partial charge >= 0.3 is 0 Å². The number of aromatic nitrogens is 3. The normalized spacial score (nSPS) is 13.9. The molecule has 1 amide bonds. The Hall–Kier alpha value is -4.86. The van der Waals surface area contributed by atoms with Crippen LogP contribution in [0.25, 0.3) is 17.1 Å². The maximum absolute atomic E-state index is 13.2. The Morgan fingerprint density at radius 3 is 2.48 bits per heavy atom. The standard InChI is InChI=1S/C30H31N5O5/c1-2-3-11-21(35-29(20-9-5-4-6-10-20)33-19-23(31)30(35)40)13-16-26(37)32-18-22-24(14-15-25(36)28(22)39)34-17-8-7-12-27(34)38/h4-10,12,14-15,17,19,21H,2-3,11,13,16,18,31H2,1H3,(H,32,37). The van der Waals surface area contributed by atoms with Crippen LogP contribution in [0.5, 0.6) is 0 Å². The Labute approximate surface area is 230 Å². The van der Waals surface area contributed by atoms with Gasteiger partial charge in [0, 0.05) is 42.4 Å². The third kappa shape index (κ3) is 6.23. The Balaban J connectivity index is 1.55. The molecule has 0 fully saturated rings. The van der Waals surface area contributed by atoms with Crippen molar-refractivity contribution in [3.63, 3.8) is 0 Å². The lowest BCUT2D eigenvalue weighted by molar-refractivity contribution is -0.131. The zero-order chi connectivity index (χ0) is 28.6. The summed E-state index contributed by atoms with van der Waals surface area (Å²) in [5.41, 5.74) is 6.26. The second kappa shape index (κ2) is 12.8. The van der Waals surface area contributed by atoms with Crippen LogP contribution in [0.4, 0.5) is 5.69 Å². The van der Waals surface area contributed by atoms with E-state index in [-0.39, 0.29) is 53.0 Å². The molecule has 1 atom stereocenters. The predicted octanol–water partition coefficient (Wildman–Crippen LogP) is 2.90. The van der Waals surface area contributed by atoms with Crippen molar-refractivity contribution in [1.29, 1.82) is 0 Å². The molecular weight excluding hydrogens is 510 g/mol. The number of benzene rings is 1. The van der Waals surface area contributed by atoms with Crippen molar-refractivity contribution in [3.8, 4) is 11.4 Å². The zero-order valence-corrected chi connectivity index (χ0v) is 22.2. The van der Waals surface area contributed by atoms with Crippen molar-refractivity contribution in [2.45, 2.75) is 45.1 Å². The van der Waals surface area contributed by atoms with Crippen LogP contribution in [0.3, 0.4) is 0 Å². The van der Waals surface area contributed by atoms with Crippen LogP contribution in [0.1, 0.15) is 45.1 Å². The second-order valence-electron chi connectivity index (χ2n) is 9.49. The predicted molar refractivity (Wildman–Crippen MR) is 152 cm³/mol. The van der Waals surface area contributed by atoms with Gasteiger partial charge in [0.05, 0.1) is 11.9 Å². The zero-order valence-electron chi connectivity index (χ0n) is 22.2. The molecule has 0 aliphatic heterocycles. The van der Waals surface area contributed by atoms with Gasteiger partial charge in [-0.1, -0.05) is 56.2 Å². The molecule has 40 heavy (non-hydrogen) atoms. The number of nitrogens with one attached hydrogen (secondary N) is 1. The van der Waals surface area contributed by atoms with E-state index < -0.39 is 11.6 Å². The summed E-state index contributed by atoms with van der Waals surface area (Å²) in [6, 6.07) is 13.5. The molecule has 10 nitrogen and oxygen atoms in total. The fourth-order valence-corrected chi connectivity index (χ4v) is 4.66. The number of carbonyl (C=O) groups excluding carboxylic acids is 3. The fourth-order valence-electron chi connectivity index (χ4n) is 4.66. The lowest BCUT2D eigenvalue weighted by Gasteiger charge is -2.23. The first-order valence-corrected chi connectivity index (χ1v) is 13.2. The van der Waals surface area contributed by atoms with Gasteiger partial charge in [-0.25, -0.2) is 4.98 Å². The molecule has 10 heteroatoms. The number of nitrogen functional groups attached to an aromatic ring is 1. The molecule has 1 aromatic carbocycles. The number of allylic oxidation sites excluding steroid dienone is 3. The monoisotopic (exact) mass is 541 g/mol. The number of hydrogen-bond donors (Lipinski definition) is 2. The SMILES string of the molecule is CCCCC(CCC(=O)NCC1=C(n2ccccc2=O)C=CC(=O)C1=O)n1c(-c2ccccc2)ncc(N)c1=O. The van der Waals surface area contributed by atoms with Gasteiger partial charge in [0.25, 0.3) is 11.1 Å². The molecule has 0 bridgehead atoms. The largest absolute Gasteiger partial charge is 0.393 e. The van der Waals surface area contributed by atoms with Crippen molar-refractivity contribution >= 4 is 28.9 Å². The number of anilines is 1. The number of unbranched alkanes of at least 4 members (excludes halogenated alkanes) is 1. The van der Waals surface area contributed by atoms with Gasteiger partial charge in [-0.2, -0.15) is 0 Å². The van der Waals surface area contributed by atoms with Crippen LogP contribution in [0.2, 0.25) is 0 Å². The molecule has 0 radical (unpaired) electrons. The first kappa shape index (κ1) is 28.2. The smallest absolute Gasteiger partial charge is 0.277 e. The number of Topliss-reactive ketones (excluding diaryl/α,β-unsaturated/α-hetero) is 1. The van der Waals surface area contributed by atoms with E-state index >= 15 is 0 Å². The van der Waals surface area contributed by atoms with E-state index in [1.807, 2.05) is 37.3 Å². The summed E-state index contributed by atoms with van der Waals surface area (Å²) < 4.78 is 2.83. The number of rotatable bonds is 11. The molecule has 0 saturated carbocycles. The highest BCUT2D eigenvalue weighted by atomic mass is 16.2. The molecule has 206 valence electrons. The van der Waals surface area contributed by atoms with E-state index in [9.17, 15) is 24.0 Å². The van der Waals surface area contributed by atoms with E-state index in [1.54, 1.807) is 16.7 Å². The molecule has 3 N–H and O–H groups in total. The summed E-state index contributed by atoms with van der Waals surface area (Å²) in [6.07, 6.45) is 8.10. The number of amides is 1. The lowest BCUT2D eigenvalue weighted by Crippen LogP contribution is -2.34. The van der Waals surface area contributed by atoms with Crippen LogP contribution in [0.15, 0.2) is 88.2 Å². The van der Waals surface area contributed by atoms with Crippen molar-refractivity contribution in [2.75, 3.05) is 12.3 Å². The quantitative estimate of drug-likeness (QED) is 0.280. The fraction of sp³-hybridized carbons (Fsp3) is 0.267. The molecule has 1 aliphatic rings.